The lowest BCUT2D eigenvalue weighted by atomic mass is 9.98. The van der Waals surface area contributed by atoms with Gasteiger partial charge in [0.15, 0.2) is 5.82 Å². The average molecular weight is 335 g/mol. The summed E-state index contributed by atoms with van der Waals surface area (Å²) in [5.41, 5.74) is 1.26. The first kappa shape index (κ1) is 14.1. The van der Waals surface area contributed by atoms with Crippen molar-refractivity contribution in [3.05, 3.63) is 35.1 Å². The first-order valence-electron chi connectivity index (χ1n) is 7.37. The molecule has 0 bridgehead atoms. The third-order valence-corrected chi connectivity index (χ3v) is 5.36. The lowest BCUT2D eigenvalue weighted by molar-refractivity contribution is 0.289. The Labute approximate surface area is 137 Å². The molecule has 0 amide bonds. The van der Waals surface area contributed by atoms with Crippen LogP contribution in [0, 0.1) is 0 Å². The maximum absolute atomic E-state index is 5.87. The van der Waals surface area contributed by atoms with Gasteiger partial charge >= 0.3 is 0 Å². The number of hydrogen-bond acceptors (Lipinski definition) is 5. The van der Waals surface area contributed by atoms with Crippen molar-refractivity contribution >= 4 is 29.1 Å². The van der Waals surface area contributed by atoms with Crippen LogP contribution in [-0.4, -0.2) is 25.8 Å². The molecule has 5 nitrogen and oxygen atoms in total. The number of hydrogen-bond donors (Lipinski definition) is 0. The van der Waals surface area contributed by atoms with Gasteiger partial charge in [-0.1, -0.05) is 29.8 Å². The number of thioether (sulfide) groups is 1. The number of halogens is 1. The van der Waals surface area contributed by atoms with Crippen LogP contribution in [0.1, 0.15) is 31.5 Å². The molecular weight excluding hydrogens is 320 g/mol. The second-order valence-corrected chi connectivity index (χ2v) is 7.00. The Morgan fingerprint density at radius 2 is 2.09 bits per heavy atom. The van der Waals surface area contributed by atoms with Crippen LogP contribution in [0.15, 0.2) is 34.5 Å². The molecule has 2 aliphatic rings. The number of fused-ring (bicyclic) bond motifs is 2. The van der Waals surface area contributed by atoms with Crippen molar-refractivity contribution in [3.63, 3.8) is 0 Å². The molecule has 1 aliphatic heterocycles. The van der Waals surface area contributed by atoms with Crippen LogP contribution in [0.25, 0.3) is 0 Å². The number of nitrogens with zero attached hydrogens (tertiary/aromatic N) is 4. The maximum atomic E-state index is 5.87. The first-order chi connectivity index (χ1) is 10.8. The summed E-state index contributed by atoms with van der Waals surface area (Å²) in [5, 5.41) is 15.2. The molecule has 1 unspecified atom stereocenters. The number of rotatable bonds is 3. The predicted octanol–water partition coefficient (Wildman–Crippen LogP) is 3.76. The van der Waals surface area contributed by atoms with Crippen molar-refractivity contribution in [2.24, 2.45) is 5.10 Å². The van der Waals surface area contributed by atoms with Gasteiger partial charge in [0.2, 0.25) is 5.16 Å². The SMILES string of the molecule is Clc1ccc(OCc2nnc3n2N=C2CCCCC2S3)cc1. The summed E-state index contributed by atoms with van der Waals surface area (Å²) < 4.78 is 7.58. The van der Waals surface area contributed by atoms with Gasteiger partial charge in [0.1, 0.15) is 12.4 Å². The van der Waals surface area contributed by atoms with Crippen LogP contribution >= 0.6 is 23.4 Å². The molecule has 1 atom stereocenters. The van der Waals surface area contributed by atoms with Crippen LogP contribution in [0.5, 0.6) is 5.75 Å². The van der Waals surface area contributed by atoms with Gasteiger partial charge in [-0.3, -0.25) is 0 Å². The van der Waals surface area contributed by atoms with Crippen molar-refractivity contribution in [1.29, 1.82) is 0 Å². The highest BCUT2D eigenvalue weighted by Gasteiger charge is 2.29. The zero-order valence-electron chi connectivity index (χ0n) is 11.9. The monoisotopic (exact) mass is 334 g/mol. The van der Waals surface area contributed by atoms with Crippen molar-refractivity contribution in [1.82, 2.24) is 14.9 Å². The number of aromatic nitrogens is 3. The molecule has 2 aromatic rings. The lowest BCUT2D eigenvalue weighted by Crippen LogP contribution is -2.27. The van der Waals surface area contributed by atoms with Crippen molar-refractivity contribution < 1.29 is 4.74 Å². The van der Waals surface area contributed by atoms with E-state index < -0.39 is 0 Å². The van der Waals surface area contributed by atoms with Gasteiger partial charge < -0.3 is 4.74 Å². The van der Waals surface area contributed by atoms with E-state index in [9.17, 15) is 0 Å². The fraction of sp³-hybridized carbons (Fsp3) is 0.400. The van der Waals surface area contributed by atoms with Crippen molar-refractivity contribution in [3.8, 4) is 5.75 Å². The van der Waals surface area contributed by atoms with E-state index in [0.717, 1.165) is 23.2 Å². The largest absolute Gasteiger partial charge is 0.486 e. The predicted molar refractivity (Wildman–Crippen MR) is 86.8 cm³/mol. The molecule has 7 heteroatoms. The first-order valence-corrected chi connectivity index (χ1v) is 8.62. The van der Waals surface area contributed by atoms with Crippen LogP contribution in [0.2, 0.25) is 5.02 Å². The van der Waals surface area contributed by atoms with Gasteiger partial charge in [-0.05, 0) is 43.5 Å². The molecule has 1 aromatic heterocycles. The highest BCUT2D eigenvalue weighted by molar-refractivity contribution is 8.00. The molecule has 1 fully saturated rings. The van der Waals surface area contributed by atoms with Gasteiger partial charge in [-0.25, -0.2) is 0 Å². The van der Waals surface area contributed by atoms with E-state index in [0.29, 0.717) is 16.9 Å². The highest BCUT2D eigenvalue weighted by Crippen LogP contribution is 2.35. The fourth-order valence-electron chi connectivity index (χ4n) is 2.70. The molecular formula is C15H15ClN4OS. The Balaban J connectivity index is 1.52. The van der Waals surface area contributed by atoms with E-state index in [2.05, 4.69) is 10.2 Å². The zero-order chi connectivity index (χ0) is 14.9. The van der Waals surface area contributed by atoms with E-state index in [-0.39, 0.29) is 0 Å². The Bertz CT molecular complexity index is 713. The smallest absolute Gasteiger partial charge is 0.212 e. The van der Waals surface area contributed by atoms with E-state index in [1.165, 1.54) is 25.0 Å². The molecule has 0 spiro atoms. The quantitative estimate of drug-likeness (QED) is 0.857. The molecule has 0 radical (unpaired) electrons. The molecule has 1 aromatic carbocycles. The van der Waals surface area contributed by atoms with Crippen LogP contribution in [0.3, 0.4) is 0 Å². The summed E-state index contributed by atoms with van der Waals surface area (Å²) in [6.45, 7) is 0.344. The molecule has 1 saturated carbocycles. The molecule has 22 heavy (non-hydrogen) atoms. The summed E-state index contributed by atoms with van der Waals surface area (Å²) in [6.07, 6.45) is 4.76. The van der Waals surface area contributed by atoms with E-state index in [4.69, 9.17) is 21.4 Å². The van der Waals surface area contributed by atoms with Crippen LogP contribution in [-0.2, 0) is 6.61 Å². The maximum Gasteiger partial charge on any atom is 0.212 e. The molecule has 1 aliphatic carbocycles. The summed E-state index contributed by atoms with van der Waals surface area (Å²) in [5.74, 6) is 1.49. The van der Waals surface area contributed by atoms with E-state index in [1.54, 1.807) is 23.9 Å². The Hall–Kier alpha value is -1.53. The van der Waals surface area contributed by atoms with Gasteiger partial charge in [-0.2, -0.15) is 9.78 Å². The molecule has 0 saturated heterocycles. The minimum Gasteiger partial charge on any atom is -0.486 e. The molecule has 0 N–H and O–H groups in total. The lowest BCUT2D eigenvalue weighted by Gasteiger charge is -2.26. The Kier molecular flexibility index (Phi) is 3.80. The number of benzene rings is 1. The van der Waals surface area contributed by atoms with E-state index in [1.807, 2.05) is 16.8 Å². The Morgan fingerprint density at radius 1 is 1.23 bits per heavy atom. The topological polar surface area (TPSA) is 52.3 Å². The van der Waals surface area contributed by atoms with E-state index >= 15 is 0 Å². The van der Waals surface area contributed by atoms with Crippen molar-refractivity contribution in [2.75, 3.05) is 0 Å². The van der Waals surface area contributed by atoms with Crippen molar-refractivity contribution in [2.45, 2.75) is 42.7 Å². The third kappa shape index (κ3) is 2.73. The van der Waals surface area contributed by atoms with Crippen LogP contribution in [0.4, 0.5) is 0 Å². The minimum atomic E-state index is 0.344. The summed E-state index contributed by atoms with van der Waals surface area (Å²) in [4.78, 5) is 0. The summed E-state index contributed by atoms with van der Waals surface area (Å²) >= 11 is 7.64. The zero-order valence-corrected chi connectivity index (χ0v) is 13.5. The fourth-order valence-corrected chi connectivity index (χ4v) is 4.00. The molecule has 4 rings (SSSR count). The average Bonchev–Trinajstić information content (AvgIpc) is 2.94. The van der Waals surface area contributed by atoms with Gasteiger partial charge in [0, 0.05) is 5.02 Å². The summed E-state index contributed by atoms with van der Waals surface area (Å²) in [6, 6.07) is 7.29. The van der Waals surface area contributed by atoms with Gasteiger partial charge in [-0.15, -0.1) is 10.2 Å². The second-order valence-electron chi connectivity index (χ2n) is 5.40. The normalized spacial score (nSPS) is 20.0. The highest BCUT2D eigenvalue weighted by atomic mass is 35.5. The molecule has 2 heterocycles. The Morgan fingerprint density at radius 3 is 2.95 bits per heavy atom. The standard InChI is InChI=1S/C15H15ClN4OS/c16-10-5-7-11(8-6-10)21-9-14-17-18-15-20(14)19-12-3-1-2-4-13(12)22-15/h5-8,13H,1-4,9H2. The molecule has 114 valence electrons. The third-order valence-electron chi connectivity index (χ3n) is 3.86. The van der Waals surface area contributed by atoms with Gasteiger partial charge in [0.05, 0.1) is 11.0 Å². The van der Waals surface area contributed by atoms with Crippen LogP contribution < -0.4 is 4.74 Å². The number of ether oxygens (including phenoxy) is 1. The minimum absolute atomic E-state index is 0.344. The second kappa shape index (κ2) is 5.93. The summed E-state index contributed by atoms with van der Waals surface area (Å²) in [7, 11) is 0. The van der Waals surface area contributed by atoms with Gasteiger partial charge in [0.25, 0.3) is 0 Å².